The maximum atomic E-state index is 12.7. The second-order valence-electron chi connectivity index (χ2n) is 5.18. The van der Waals surface area contributed by atoms with E-state index in [9.17, 15) is 22.6 Å². The molecule has 0 saturated carbocycles. The second-order valence-corrected chi connectivity index (χ2v) is 6.86. The normalized spacial score (nSPS) is 24.7. The van der Waals surface area contributed by atoms with Crippen molar-refractivity contribution in [3.8, 4) is 0 Å². The van der Waals surface area contributed by atoms with E-state index in [1.54, 1.807) is 12.1 Å². The Bertz CT molecular complexity index is 898. The van der Waals surface area contributed by atoms with Gasteiger partial charge in [0, 0.05) is 23.2 Å². The van der Waals surface area contributed by atoms with E-state index in [2.05, 4.69) is 0 Å². The van der Waals surface area contributed by atoms with E-state index in [-0.39, 0.29) is 22.4 Å². The molecule has 0 saturated heterocycles. The van der Waals surface area contributed by atoms with Gasteiger partial charge in [0.1, 0.15) is 0 Å². The number of allylic oxidation sites excluding steroid dienone is 1. The molecule has 0 aliphatic heterocycles. The molecule has 0 bridgehead atoms. The minimum Gasteiger partial charge on any atom is -0.398 e. The zero-order valence-electron chi connectivity index (χ0n) is 11.2. The molecule has 2 aliphatic rings. The molecule has 5 N–H and O–H groups in total. The first-order valence-corrected chi connectivity index (χ1v) is 7.77. The number of fused-ring (bicyclic) bond motifs is 1. The molecule has 0 heterocycles. The van der Waals surface area contributed by atoms with Gasteiger partial charge in [0.15, 0.2) is 16.4 Å². The fourth-order valence-corrected chi connectivity index (χ4v) is 3.50. The number of hydrogen-bond donors (Lipinski definition) is 3. The molecular formula is C14H12N2O5S. The predicted molar refractivity (Wildman–Crippen MR) is 77.5 cm³/mol. The Kier molecular flexibility index (Phi) is 2.90. The van der Waals surface area contributed by atoms with Crippen molar-refractivity contribution in [2.75, 3.05) is 0 Å². The van der Waals surface area contributed by atoms with Crippen molar-refractivity contribution in [3.05, 3.63) is 58.3 Å². The number of benzene rings is 1. The van der Waals surface area contributed by atoms with Crippen molar-refractivity contribution in [1.29, 1.82) is 0 Å². The van der Waals surface area contributed by atoms with Crippen LogP contribution in [-0.4, -0.2) is 29.4 Å². The topological polar surface area (TPSA) is 141 Å². The molecule has 1 unspecified atom stereocenters. The zero-order valence-corrected chi connectivity index (χ0v) is 12.1. The van der Waals surface area contributed by atoms with Crippen LogP contribution in [0.3, 0.4) is 0 Å². The van der Waals surface area contributed by atoms with Gasteiger partial charge in [0.25, 0.3) is 10.1 Å². The van der Waals surface area contributed by atoms with Gasteiger partial charge in [-0.3, -0.25) is 14.1 Å². The van der Waals surface area contributed by atoms with Gasteiger partial charge >= 0.3 is 0 Å². The molecule has 1 atom stereocenters. The molecular weight excluding hydrogens is 308 g/mol. The minimum atomic E-state index is -4.83. The average molecular weight is 320 g/mol. The summed E-state index contributed by atoms with van der Waals surface area (Å²) in [5.41, 5.74) is 11.0. The highest BCUT2D eigenvalue weighted by Gasteiger charge is 2.52. The third-order valence-electron chi connectivity index (χ3n) is 3.92. The number of hydrogen-bond acceptors (Lipinski definition) is 6. The summed E-state index contributed by atoms with van der Waals surface area (Å²) < 4.78 is 32.9. The Labute approximate surface area is 126 Å². The summed E-state index contributed by atoms with van der Waals surface area (Å²) in [6.07, 6.45) is 0.837. The molecule has 0 spiro atoms. The predicted octanol–water partition coefficient (Wildman–Crippen LogP) is 0.151. The first kappa shape index (κ1) is 14.6. The SMILES string of the molecule is NC1=CCC(N)(S(=O)(=O)O)C2=C1C(=O)c1ccccc1C2=O. The van der Waals surface area contributed by atoms with Crippen LogP contribution in [0, 0.1) is 0 Å². The number of rotatable bonds is 1. The summed E-state index contributed by atoms with van der Waals surface area (Å²) in [7, 11) is -4.83. The van der Waals surface area contributed by atoms with E-state index in [4.69, 9.17) is 11.5 Å². The van der Waals surface area contributed by atoms with E-state index >= 15 is 0 Å². The second kappa shape index (κ2) is 4.35. The van der Waals surface area contributed by atoms with Gasteiger partial charge < -0.3 is 11.5 Å². The number of ketones is 2. The highest BCUT2D eigenvalue weighted by Crippen LogP contribution is 2.40. The van der Waals surface area contributed by atoms with Crippen LogP contribution in [0.25, 0.3) is 0 Å². The van der Waals surface area contributed by atoms with Crippen LogP contribution in [0.5, 0.6) is 0 Å². The summed E-state index contributed by atoms with van der Waals surface area (Å²) in [5.74, 6) is -1.31. The molecule has 0 radical (unpaired) electrons. The summed E-state index contributed by atoms with van der Waals surface area (Å²) >= 11 is 0. The van der Waals surface area contributed by atoms with Crippen molar-refractivity contribution in [3.63, 3.8) is 0 Å². The van der Waals surface area contributed by atoms with Crippen LogP contribution in [0.1, 0.15) is 27.1 Å². The number of carbonyl (C=O) groups excluding carboxylic acids is 2. The Morgan fingerprint density at radius 3 is 2.18 bits per heavy atom. The first-order valence-electron chi connectivity index (χ1n) is 6.33. The van der Waals surface area contributed by atoms with Crippen molar-refractivity contribution in [2.24, 2.45) is 11.5 Å². The smallest absolute Gasteiger partial charge is 0.288 e. The van der Waals surface area contributed by atoms with Gasteiger partial charge in [-0.25, -0.2) is 0 Å². The Balaban J connectivity index is 2.39. The van der Waals surface area contributed by atoms with E-state index in [0.29, 0.717) is 0 Å². The lowest BCUT2D eigenvalue weighted by atomic mass is 9.76. The maximum absolute atomic E-state index is 12.7. The molecule has 0 fully saturated rings. The van der Waals surface area contributed by atoms with E-state index < -0.39 is 38.5 Å². The fraction of sp³-hybridized carbons (Fsp3) is 0.143. The summed E-state index contributed by atoms with van der Waals surface area (Å²) in [4.78, 5) is 22.8. The van der Waals surface area contributed by atoms with Crippen LogP contribution in [0.15, 0.2) is 47.2 Å². The molecule has 1 aromatic rings. The lowest BCUT2D eigenvalue weighted by Crippen LogP contribution is -2.54. The molecule has 0 aromatic heterocycles. The maximum Gasteiger partial charge on any atom is 0.288 e. The largest absolute Gasteiger partial charge is 0.398 e. The van der Waals surface area contributed by atoms with Crippen LogP contribution >= 0.6 is 0 Å². The monoisotopic (exact) mass is 320 g/mol. The number of carbonyl (C=O) groups is 2. The molecule has 0 amide bonds. The number of nitrogens with two attached hydrogens (primary N) is 2. The lowest BCUT2D eigenvalue weighted by molar-refractivity contribution is 0.0966. The van der Waals surface area contributed by atoms with Gasteiger partial charge in [-0.2, -0.15) is 8.42 Å². The molecule has 1 aromatic carbocycles. The van der Waals surface area contributed by atoms with Crippen molar-refractivity contribution < 1.29 is 22.6 Å². The molecule has 114 valence electrons. The van der Waals surface area contributed by atoms with E-state index in [0.717, 1.165) is 0 Å². The number of Topliss-reactive ketones (excluding diaryl/α,β-unsaturated/α-hetero) is 2. The van der Waals surface area contributed by atoms with Crippen molar-refractivity contribution in [2.45, 2.75) is 11.3 Å². The first-order chi connectivity index (χ1) is 10.2. The summed E-state index contributed by atoms with van der Waals surface area (Å²) in [5, 5.41) is 0. The molecule has 3 rings (SSSR count). The van der Waals surface area contributed by atoms with Gasteiger partial charge in [0.2, 0.25) is 0 Å². The van der Waals surface area contributed by atoms with E-state index in [1.807, 2.05) is 0 Å². The van der Waals surface area contributed by atoms with Crippen LogP contribution in [0.2, 0.25) is 0 Å². The Hall–Kier alpha value is -2.29. The molecule has 7 nitrogen and oxygen atoms in total. The van der Waals surface area contributed by atoms with Gasteiger partial charge in [-0.05, 0) is 0 Å². The fourth-order valence-electron chi connectivity index (χ4n) is 2.75. The zero-order chi connectivity index (χ0) is 16.3. The van der Waals surface area contributed by atoms with Crippen LogP contribution < -0.4 is 11.5 Å². The third kappa shape index (κ3) is 1.71. The van der Waals surface area contributed by atoms with Crippen molar-refractivity contribution in [1.82, 2.24) is 0 Å². The van der Waals surface area contributed by atoms with Gasteiger partial charge in [-0.15, -0.1) is 0 Å². The lowest BCUT2D eigenvalue weighted by Gasteiger charge is -2.35. The van der Waals surface area contributed by atoms with Crippen LogP contribution in [0.4, 0.5) is 0 Å². The highest BCUT2D eigenvalue weighted by molar-refractivity contribution is 7.87. The molecule has 8 heteroatoms. The van der Waals surface area contributed by atoms with E-state index in [1.165, 1.54) is 18.2 Å². The van der Waals surface area contributed by atoms with Crippen LogP contribution in [-0.2, 0) is 10.1 Å². The summed E-state index contributed by atoms with van der Waals surface area (Å²) in [6.45, 7) is 0. The van der Waals surface area contributed by atoms with Gasteiger partial charge in [0.05, 0.1) is 11.1 Å². The minimum absolute atomic E-state index is 0.0208. The standard InChI is InChI=1S/C14H12N2O5S/c15-9-5-6-14(16,22(19,20)21)11-10(9)12(17)7-3-1-2-4-8(7)13(11)18/h1-5H,6,15-16H2,(H,19,20,21). The Morgan fingerprint density at radius 1 is 1.09 bits per heavy atom. The molecule has 2 aliphatic carbocycles. The third-order valence-corrected chi connectivity index (χ3v) is 5.21. The quantitative estimate of drug-likeness (QED) is 0.625. The average Bonchev–Trinajstić information content (AvgIpc) is 2.46. The Morgan fingerprint density at radius 2 is 1.64 bits per heavy atom. The molecule has 22 heavy (non-hydrogen) atoms. The highest BCUT2D eigenvalue weighted by atomic mass is 32.2. The van der Waals surface area contributed by atoms with Gasteiger partial charge in [-0.1, -0.05) is 30.3 Å². The van der Waals surface area contributed by atoms with Crippen molar-refractivity contribution >= 4 is 21.7 Å². The summed E-state index contributed by atoms with van der Waals surface area (Å²) in [6, 6.07) is 5.98.